The number of hydrogen-bond donors (Lipinski definition) is 0. The van der Waals surface area contributed by atoms with Gasteiger partial charge in [0, 0.05) is 21.5 Å². The van der Waals surface area contributed by atoms with E-state index in [4.69, 9.17) is 20.0 Å². The van der Waals surface area contributed by atoms with Crippen LogP contribution in [0.4, 0.5) is 11.6 Å². The number of nitrogens with zero attached hydrogens (tertiary/aromatic N) is 8. The molecule has 0 amide bonds. The lowest BCUT2D eigenvalue weighted by molar-refractivity contribution is -0.425. The number of amidine groups is 4. The first kappa shape index (κ1) is 19.5. The molecule has 0 unspecified atom stereocenters. The Kier molecular flexibility index (Phi) is 2.83. The zero-order valence-electron chi connectivity index (χ0n) is 21.3. The van der Waals surface area contributed by atoms with Gasteiger partial charge in [-0.05, 0) is 48.5 Å². The topological polar surface area (TPSA) is 65.3 Å². The van der Waals surface area contributed by atoms with Gasteiger partial charge in [-0.15, -0.1) is 0 Å². The highest BCUT2D eigenvalue weighted by molar-refractivity contribution is 6.70. The molecule has 1 spiro atoms. The van der Waals surface area contributed by atoms with E-state index in [0.29, 0.717) is 0 Å². The van der Waals surface area contributed by atoms with E-state index in [2.05, 4.69) is 114 Å². The van der Waals surface area contributed by atoms with E-state index in [0.717, 1.165) is 89.8 Å². The fraction of sp³-hybridized carbons (Fsp3) is 0. The molecule has 186 valence electrons. The molecule has 0 bridgehead atoms. The number of aliphatic imine (C=N–C) groups is 2. The number of rotatable bonds is 0. The minimum absolute atomic E-state index is 0.959. The standard InChI is InChI=1S/C32H16N8Si/c1-2-10-18-17(9-1)25-33-27-19-11-3-4-12-20(19)29-35-31-23-15-7-8-16-24(23)32-36-30-22-14-6-5-13-21(22)28-34-26(18)37(25)41(38(27)29,39(28)30)40(31)32/h1-16H/q+2. The normalized spacial score (nSPS) is 18.4. The summed E-state index contributed by atoms with van der Waals surface area (Å²) >= 11 is 0. The molecule has 8 nitrogen and oxygen atoms in total. The van der Waals surface area contributed by atoms with Crippen LogP contribution in [-0.2, 0) is 0 Å². The molecule has 0 saturated heterocycles. The van der Waals surface area contributed by atoms with Crippen molar-refractivity contribution in [1.29, 1.82) is 0 Å². The van der Waals surface area contributed by atoms with Gasteiger partial charge in [-0.3, -0.25) is 0 Å². The van der Waals surface area contributed by atoms with Crippen LogP contribution in [-0.4, -0.2) is 49.0 Å². The van der Waals surface area contributed by atoms with Crippen LogP contribution in [0, 0.1) is 0 Å². The van der Waals surface area contributed by atoms with Crippen LogP contribution >= 0.6 is 0 Å². The van der Waals surface area contributed by atoms with Crippen LogP contribution in [0.3, 0.4) is 0 Å². The summed E-state index contributed by atoms with van der Waals surface area (Å²) in [6, 6.07) is 34.3. The van der Waals surface area contributed by atoms with Crippen molar-refractivity contribution in [3.05, 3.63) is 130 Å². The summed E-state index contributed by atoms with van der Waals surface area (Å²) < 4.78 is 9.88. The van der Waals surface area contributed by atoms with Gasteiger partial charge in [-0.2, -0.15) is 8.48 Å². The molecule has 0 fully saturated rings. The Balaban J connectivity index is 1.45. The molecule has 2 aromatic heterocycles. The first-order chi connectivity index (χ1) is 20.4. The maximum Gasteiger partial charge on any atom is 0.687 e. The van der Waals surface area contributed by atoms with Crippen LogP contribution in [0.25, 0.3) is 21.5 Å². The first-order valence-corrected chi connectivity index (χ1v) is 15.6. The van der Waals surface area contributed by atoms with Gasteiger partial charge in [0.2, 0.25) is 22.6 Å². The molecule has 0 saturated carbocycles. The van der Waals surface area contributed by atoms with Gasteiger partial charge in [0.05, 0.1) is 22.3 Å². The Morgan fingerprint density at radius 3 is 1.34 bits per heavy atom. The fourth-order valence-electron chi connectivity index (χ4n) is 7.88. The molecule has 41 heavy (non-hydrogen) atoms. The van der Waals surface area contributed by atoms with Crippen LogP contribution in [0.1, 0.15) is 22.3 Å². The average molecular weight is 541 g/mol. The molecule has 8 heterocycles. The molecule has 9 heteroatoms. The summed E-state index contributed by atoms with van der Waals surface area (Å²) in [5.41, 5.74) is 6.39. The molecule has 0 aliphatic carbocycles. The number of hydrogen-bond acceptors (Lipinski definition) is 4. The van der Waals surface area contributed by atoms with Gasteiger partial charge in [0.15, 0.2) is 0 Å². The van der Waals surface area contributed by atoms with E-state index < -0.39 is 8.72 Å². The molecule has 12 rings (SSSR count). The van der Waals surface area contributed by atoms with Crippen LogP contribution in [0.2, 0.25) is 0 Å². The Hall–Kier alpha value is -5.54. The minimum Gasteiger partial charge on any atom is -0.228 e. The Labute approximate surface area is 232 Å². The van der Waals surface area contributed by atoms with Gasteiger partial charge in [-0.25, -0.2) is 8.47 Å². The maximum atomic E-state index is 5.45. The third-order valence-corrected chi connectivity index (χ3v) is 13.5. The summed E-state index contributed by atoms with van der Waals surface area (Å²) in [5.74, 6) is 5.76. The highest BCUT2D eigenvalue weighted by Crippen LogP contribution is 2.49. The van der Waals surface area contributed by atoms with E-state index in [1.807, 2.05) is 0 Å². The highest BCUT2D eigenvalue weighted by Gasteiger charge is 2.75. The van der Waals surface area contributed by atoms with E-state index in [9.17, 15) is 0 Å². The van der Waals surface area contributed by atoms with Crippen molar-refractivity contribution in [3.8, 4) is 0 Å². The summed E-state index contributed by atoms with van der Waals surface area (Å²) in [4.78, 5) is 21.8. The molecule has 0 radical (unpaired) electrons. The third kappa shape index (κ3) is 1.79. The molecule has 0 atom stereocenters. The molecule has 0 N–H and O–H groups in total. The van der Waals surface area contributed by atoms with Gasteiger partial charge >= 0.3 is 8.72 Å². The largest absolute Gasteiger partial charge is 0.687 e. The molecule has 6 aliphatic heterocycles. The maximum absolute atomic E-state index is 5.45. The predicted octanol–water partition coefficient (Wildman–Crippen LogP) is 3.42. The van der Waals surface area contributed by atoms with Gasteiger partial charge < -0.3 is 0 Å². The summed E-state index contributed by atoms with van der Waals surface area (Å²) in [6.07, 6.45) is 0. The van der Waals surface area contributed by atoms with Crippen molar-refractivity contribution < 1.29 is 8.48 Å². The van der Waals surface area contributed by atoms with E-state index in [1.54, 1.807) is 0 Å². The number of aromatic nitrogens is 2. The zero-order chi connectivity index (χ0) is 26.2. The van der Waals surface area contributed by atoms with Crippen molar-refractivity contribution >= 4 is 65.2 Å². The Morgan fingerprint density at radius 1 is 0.439 bits per heavy atom. The average Bonchev–Trinajstić information content (AvgIpc) is 3.74. The van der Waals surface area contributed by atoms with Crippen molar-refractivity contribution in [1.82, 2.24) is 8.47 Å². The number of benzene rings is 4. The molecular formula is C32H16N8Si+2. The lowest BCUT2D eigenvalue weighted by Crippen LogP contribution is -2.79. The summed E-state index contributed by atoms with van der Waals surface area (Å²) in [5, 5.41) is 4.47. The van der Waals surface area contributed by atoms with Crippen LogP contribution in [0.15, 0.2) is 117 Å². The van der Waals surface area contributed by atoms with E-state index >= 15 is 0 Å². The second-order valence-corrected chi connectivity index (χ2v) is 14.1. The lowest BCUT2D eigenvalue weighted by Gasteiger charge is -2.36. The monoisotopic (exact) mass is 540 g/mol. The van der Waals surface area contributed by atoms with Crippen molar-refractivity contribution in [2.45, 2.75) is 0 Å². The predicted molar refractivity (Wildman–Crippen MR) is 157 cm³/mol. The second kappa shape index (κ2) is 5.96. The van der Waals surface area contributed by atoms with Crippen LogP contribution in [0.5, 0.6) is 0 Å². The Morgan fingerprint density at radius 2 is 0.854 bits per heavy atom. The quantitative estimate of drug-likeness (QED) is 0.265. The smallest absolute Gasteiger partial charge is 0.228 e. The summed E-state index contributed by atoms with van der Waals surface area (Å²) in [6.45, 7) is 0. The van der Waals surface area contributed by atoms with Crippen molar-refractivity contribution in [2.75, 3.05) is 0 Å². The van der Waals surface area contributed by atoms with Gasteiger partial charge in [0.25, 0.3) is 23.3 Å². The molecule has 6 aromatic rings. The minimum atomic E-state index is -3.25. The highest BCUT2D eigenvalue weighted by atomic mass is 28.4. The third-order valence-electron chi connectivity index (χ3n) is 9.38. The molecular weight excluding hydrogens is 524 g/mol. The van der Waals surface area contributed by atoms with Crippen molar-refractivity contribution in [2.24, 2.45) is 20.0 Å². The number of fused-ring (bicyclic) bond motifs is 12. The van der Waals surface area contributed by atoms with Gasteiger partial charge in [0.1, 0.15) is 0 Å². The lowest BCUT2D eigenvalue weighted by atomic mass is 10.1. The summed E-state index contributed by atoms with van der Waals surface area (Å²) in [7, 11) is -3.25. The van der Waals surface area contributed by atoms with Crippen LogP contribution < -0.4 is 11.0 Å². The van der Waals surface area contributed by atoms with E-state index in [-0.39, 0.29) is 0 Å². The van der Waals surface area contributed by atoms with Crippen molar-refractivity contribution in [3.63, 3.8) is 0 Å². The van der Waals surface area contributed by atoms with E-state index in [1.165, 1.54) is 0 Å². The fourth-order valence-corrected chi connectivity index (χ4v) is 12.7. The second-order valence-electron chi connectivity index (χ2n) is 11.2. The van der Waals surface area contributed by atoms with Gasteiger partial charge in [-0.1, -0.05) is 68.5 Å². The first-order valence-electron chi connectivity index (χ1n) is 13.8. The Bertz CT molecular complexity index is 2470. The molecule has 4 aromatic carbocycles. The zero-order valence-corrected chi connectivity index (χ0v) is 22.3. The molecule has 6 aliphatic rings. The SMILES string of the molecule is c1ccc2c(c1)C1=Nc3c4ccccc4c4n3[Si]35n6c(c7ccccc7c6=NC6=[N+]3C(=N4)c3ccccc36)=NC2=[N+]15.